The third-order valence-corrected chi connectivity index (χ3v) is 7.10. The predicted molar refractivity (Wildman–Crippen MR) is 121 cm³/mol. The summed E-state index contributed by atoms with van der Waals surface area (Å²) in [6, 6.07) is 8.20. The van der Waals surface area contributed by atoms with E-state index in [1.54, 1.807) is 36.7 Å². The van der Waals surface area contributed by atoms with Crippen LogP contribution in [-0.2, 0) is 4.57 Å². The lowest BCUT2D eigenvalue weighted by molar-refractivity contribution is 0.0910. The quantitative estimate of drug-likeness (QED) is 0.490. The van der Waals surface area contributed by atoms with Gasteiger partial charge in [-0.1, -0.05) is 31.4 Å². The van der Waals surface area contributed by atoms with Crippen LogP contribution in [0, 0.1) is 5.92 Å². The van der Waals surface area contributed by atoms with Crippen molar-refractivity contribution in [2.24, 2.45) is 5.92 Å². The molecule has 1 fully saturated rings. The summed E-state index contributed by atoms with van der Waals surface area (Å²) >= 11 is 0. The number of nitrogens with one attached hydrogen (secondary N) is 2. The minimum atomic E-state index is -3.44. The molecule has 32 heavy (non-hydrogen) atoms. The van der Waals surface area contributed by atoms with Gasteiger partial charge in [0.1, 0.15) is 5.56 Å². The minimum Gasteiger partial charge on any atom is -0.345 e. The Balaban J connectivity index is 1.63. The van der Waals surface area contributed by atoms with Crippen LogP contribution in [0.25, 0.3) is 5.95 Å². The van der Waals surface area contributed by atoms with E-state index in [2.05, 4.69) is 20.4 Å². The van der Waals surface area contributed by atoms with E-state index in [1.807, 2.05) is 6.07 Å². The molecule has 0 saturated heterocycles. The lowest BCUT2D eigenvalue weighted by Gasteiger charge is -2.31. The molecule has 1 aliphatic rings. The number of benzene rings is 1. The van der Waals surface area contributed by atoms with Gasteiger partial charge in [-0.2, -0.15) is 5.10 Å². The molecule has 2 atom stereocenters. The van der Waals surface area contributed by atoms with Crippen LogP contribution in [0.2, 0.25) is 0 Å². The zero-order valence-electron chi connectivity index (χ0n) is 17.8. The lowest BCUT2D eigenvalue weighted by atomic mass is 9.81. The summed E-state index contributed by atoms with van der Waals surface area (Å²) in [5, 5.41) is 7.36. The molecule has 0 radical (unpaired) electrons. The Morgan fingerprint density at radius 1 is 1.28 bits per heavy atom. The first-order valence-electron chi connectivity index (χ1n) is 10.6. The fraction of sp³-hybridized carbons (Fsp3) is 0.364. The van der Waals surface area contributed by atoms with Gasteiger partial charge in [0.15, 0.2) is 0 Å². The lowest BCUT2D eigenvalue weighted by Crippen LogP contribution is -2.37. The highest BCUT2D eigenvalue weighted by Crippen LogP contribution is 2.37. The van der Waals surface area contributed by atoms with Crippen LogP contribution in [0.4, 0.5) is 0 Å². The number of aromatic nitrogens is 4. The summed E-state index contributed by atoms with van der Waals surface area (Å²) < 4.78 is 13.6. The Kier molecular flexibility index (Phi) is 6.39. The summed E-state index contributed by atoms with van der Waals surface area (Å²) in [5.41, 5.74) is 0.102. The molecule has 9 nitrogen and oxygen atoms in total. The molecule has 3 N–H and O–H groups in total. The zero-order chi connectivity index (χ0) is 22.7. The first-order chi connectivity index (χ1) is 15.3. The molecule has 4 rings (SSSR count). The van der Waals surface area contributed by atoms with Crippen molar-refractivity contribution in [3.63, 3.8) is 0 Å². The largest absolute Gasteiger partial charge is 0.345 e. The number of hydrogen-bond acceptors (Lipinski definition) is 5. The highest BCUT2D eigenvalue weighted by molar-refractivity contribution is 7.65. The summed E-state index contributed by atoms with van der Waals surface area (Å²) in [6.07, 6.45) is 9.58. The molecule has 1 unspecified atom stereocenters. The second-order valence-electron chi connectivity index (χ2n) is 8.22. The molecular formula is C22H26N5O4P. The number of H-pyrrole nitrogens is 1. The van der Waals surface area contributed by atoms with Crippen molar-refractivity contribution in [3.8, 4) is 5.95 Å². The average Bonchev–Trinajstić information content (AvgIpc) is 3.32. The first-order valence-corrected chi connectivity index (χ1v) is 12.7. The highest BCUT2D eigenvalue weighted by Gasteiger charge is 2.29. The standard InChI is InChI=1S/C22H26N5O4P/c1-32(30,31)17-10-5-9-16(13-17)19(15-7-3-2-4-8-15)25-20(28)18-14-23-22(26-21(18)29)27-12-6-11-24-27/h5-6,9-15,19H,2-4,7-8H2,1H3,(H,25,28)(H,30,31)(H,23,26,29)/t19-/m0/s1. The second kappa shape index (κ2) is 9.22. The van der Waals surface area contributed by atoms with E-state index in [0.29, 0.717) is 5.30 Å². The van der Waals surface area contributed by atoms with Crippen molar-refractivity contribution in [2.75, 3.05) is 6.66 Å². The van der Waals surface area contributed by atoms with Crippen molar-refractivity contribution in [1.82, 2.24) is 25.1 Å². The molecule has 1 aromatic carbocycles. The molecular weight excluding hydrogens is 429 g/mol. The van der Waals surface area contributed by atoms with Gasteiger partial charge in [0.05, 0.1) is 6.04 Å². The van der Waals surface area contributed by atoms with Gasteiger partial charge >= 0.3 is 0 Å². The molecule has 0 aliphatic heterocycles. The van der Waals surface area contributed by atoms with E-state index < -0.39 is 18.8 Å². The van der Waals surface area contributed by atoms with E-state index in [1.165, 1.54) is 17.5 Å². The van der Waals surface area contributed by atoms with E-state index in [-0.39, 0.29) is 23.5 Å². The third-order valence-electron chi connectivity index (χ3n) is 5.87. The Morgan fingerprint density at radius 3 is 2.72 bits per heavy atom. The maximum atomic E-state index is 13.1. The number of carbonyl (C=O) groups excluding carboxylic acids is 1. The van der Waals surface area contributed by atoms with Gasteiger partial charge in [-0.05, 0) is 42.5 Å². The number of amides is 1. The van der Waals surface area contributed by atoms with Gasteiger partial charge in [0.25, 0.3) is 11.5 Å². The SMILES string of the molecule is CP(=O)(O)c1cccc([C@@H](NC(=O)c2cnc(-n3cccn3)[nH]c2=O)C2CCCCC2)c1. The molecule has 168 valence electrons. The van der Waals surface area contributed by atoms with Crippen molar-refractivity contribution in [2.45, 2.75) is 38.1 Å². The van der Waals surface area contributed by atoms with Gasteiger partial charge in [0.2, 0.25) is 13.3 Å². The maximum Gasteiger partial charge on any atom is 0.265 e. The molecule has 0 bridgehead atoms. The molecule has 0 spiro atoms. The third kappa shape index (κ3) is 4.89. The van der Waals surface area contributed by atoms with Crippen molar-refractivity contribution in [1.29, 1.82) is 0 Å². The number of hydrogen-bond donors (Lipinski definition) is 3. The summed E-state index contributed by atoms with van der Waals surface area (Å²) in [5.74, 6) is -0.140. The van der Waals surface area contributed by atoms with Crippen LogP contribution in [0.15, 0.2) is 53.7 Å². The topological polar surface area (TPSA) is 130 Å². The highest BCUT2D eigenvalue weighted by atomic mass is 31.2. The Morgan fingerprint density at radius 2 is 2.06 bits per heavy atom. The van der Waals surface area contributed by atoms with Crippen molar-refractivity contribution >= 4 is 18.6 Å². The number of carbonyl (C=O) groups is 1. The average molecular weight is 455 g/mol. The smallest absolute Gasteiger partial charge is 0.265 e. The molecule has 3 aromatic rings. The number of nitrogens with zero attached hydrogens (tertiary/aromatic N) is 3. The normalized spacial score (nSPS) is 17.4. The predicted octanol–water partition coefficient (Wildman–Crippen LogP) is 2.53. The van der Waals surface area contributed by atoms with E-state index in [0.717, 1.165) is 37.7 Å². The molecule has 1 aliphatic carbocycles. The Bertz CT molecular complexity index is 1200. The van der Waals surface area contributed by atoms with Gasteiger partial charge in [-0.3, -0.25) is 19.1 Å². The molecule has 1 saturated carbocycles. The molecule has 1 amide bonds. The number of rotatable bonds is 6. The van der Waals surface area contributed by atoms with Crippen LogP contribution < -0.4 is 16.2 Å². The van der Waals surface area contributed by atoms with E-state index in [4.69, 9.17) is 0 Å². The first kappa shape index (κ1) is 22.2. The van der Waals surface area contributed by atoms with Crippen molar-refractivity contribution in [3.05, 3.63) is 70.4 Å². The summed E-state index contributed by atoms with van der Waals surface area (Å²) in [6.45, 7) is 1.30. The monoisotopic (exact) mass is 455 g/mol. The van der Waals surface area contributed by atoms with Gasteiger partial charge in [-0.15, -0.1) is 0 Å². The van der Waals surface area contributed by atoms with E-state index in [9.17, 15) is 19.0 Å². The van der Waals surface area contributed by atoms with Crippen LogP contribution in [0.5, 0.6) is 0 Å². The summed E-state index contributed by atoms with van der Waals surface area (Å²) in [4.78, 5) is 42.4. The van der Waals surface area contributed by atoms with Gasteiger partial charge < -0.3 is 10.2 Å². The fourth-order valence-electron chi connectivity index (χ4n) is 4.19. The molecule has 2 heterocycles. The fourth-order valence-corrected chi connectivity index (χ4v) is 4.95. The maximum absolute atomic E-state index is 13.1. The van der Waals surface area contributed by atoms with Gasteiger partial charge in [-0.25, -0.2) is 9.67 Å². The minimum absolute atomic E-state index is 0.0961. The van der Waals surface area contributed by atoms with E-state index >= 15 is 0 Å². The van der Waals surface area contributed by atoms with Crippen molar-refractivity contribution < 1.29 is 14.3 Å². The van der Waals surface area contributed by atoms with Crippen LogP contribution in [-0.4, -0.2) is 37.2 Å². The Labute approximate surface area is 185 Å². The van der Waals surface area contributed by atoms with Crippen LogP contribution in [0.3, 0.4) is 0 Å². The second-order valence-corrected chi connectivity index (χ2v) is 10.5. The molecule has 2 aromatic heterocycles. The van der Waals surface area contributed by atoms with Crippen LogP contribution in [0.1, 0.15) is 54.1 Å². The zero-order valence-corrected chi connectivity index (χ0v) is 18.7. The van der Waals surface area contributed by atoms with Crippen LogP contribution >= 0.6 is 7.37 Å². The van der Waals surface area contributed by atoms with Gasteiger partial charge in [0, 0.05) is 30.6 Å². The molecule has 10 heteroatoms. The Hall–Kier alpha value is -3.03. The number of aromatic amines is 1. The summed E-state index contributed by atoms with van der Waals surface area (Å²) in [7, 11) is -3.44.